The van der Waals surface area contributed by atoms with E-state index in [1.807, 2.05) is 0 Å². The summed E-state index contributed by atoms with van der Waals surface area (Å²) < 4.78 is 17.4. The number of rotatable bonds is 1. The number of fused-ring (bicyclic) bond motifs is 1. The lowest BCUT2D eigenvalue weighted by atomic mass is 10.1. The van der Waals surface area contributed by atoms with Crippen LogP contribution in [0.5, 0.6) is 0 Å². The number of carbonyl (C=O) groups excluding carboxylic acids is 2. The molecule has 1 aromatic carbocycles. The van der Waals surface area contributed by atoms with Gasteiger partial charge in [-0.25, -0.2) is 14.5 Å². The molecule has 0 saturated carbocycles. The standard InChI is InChI=1S/C11H7FNO3/c1-16-11(15)9-8-3-2-7(12)4-6(8)5-13-10(9)14/h2-5H,1H3. The second-order valence-electron chi connectivity index (χ2n) is 3.16. The summed E-state index contributed by atoms with van der Waals surface area (Å²) in [5, 5.41) is 4.22. The summed E-state index contributed by atoms with van der Waals surface area (Å²) in [5.41, 5.74) is -0.167. The van der Waals surface area contributed by atoms with E-state index in [1.165, 1.54) is 31.5 Å². The summed E-state index contributed by atoms with van der Waals surface area (Å²) in [4.78, 5) is 22.8. The average molecular weight is 220 g/mol. The number of methoxy groups -OCH3 is 1. The molecular weight excluding hydrogens is 213 g/mol. The van der Waals surface area contributed by atoms with E-state index in [0.29, 0.717) is 10.4 Å². The maximum Gasteiger partial charge on any atom is 0.344 e. The highest BCUT2D eigenvalue weighted by Crippen LogP contribution is 2.00. The minimum atomic E-state index is -0.769. The van der Waals surface area contributed by atoms with Crippen LogP contribution in [-0.2, 0) is 14.3 Å². The van der Waals surface area contributed by atoms with Crippen LogP contribution in [0.2, 0.25) is 0 Å². The summed E-state index contributed by atoms with van der Waals surface area (Å²) in [6.45, 7) is 0. The number of ether oxygens (including phenoxy) is 1. The van der Waals surface area contributed by atoms with Crippen LogP contribution in [0, 0.1) is 5.82 Å². The van der Waals surface area contributed by atoms with Gasteiger partial charge in [-0.3, -0.25) is 4.79 Å². The molecular formula is C11H7FNO3. The van der Waals surface area contributed by atoms with Gasteiger partial charge in [0, 0.05) is 16.6 Å². The normalized spacial score (nSPS) is 13.6. The van der Waals surface area contributed by atoms with Gasteiger partial charge in [0.1, 0.15) is 11.4 Å². The molecule has 0 N–H and O–H groups in total. The van der Waals surface area contributed by atoms with Crippen LogP contribution < -0.4 is 15.8 Å². The molecule has 0 aliphatic carbocycles. The van der Waals surface area contributed by atoms with E-state index in [2.05, 4.69) is 10.1 Å². The van der Waals surface area contributed by atoms with Crippen LogP contribution in [-0.4, -0.2) is 19.0 Å². The Morgan fingerprint density at radius 1 is 1.44 bits per heavy atom. The molecule has 0 fully saturated rings. The Kier molecular flexibility index (Phi) is 2.44. The van der Waals surface area contributed by atoms with Crippen molar-refractivity contribution in [3.05, 3.63) is 34.5 Å². The topological polar surface area (TPSA) is 57.5 Å². The molecule has 0 aromatic heterocycles. The zero-order valence-corrected chi connectivity index (χ0v) is 8.36. The summed E-state index contributed by atoms with van der Waals surface area (Å²) in [7, 11) is 1.17. The SMILES string of the molecule is COC(=O)C1=c2ccc(F)cc2=C[N]C1=O. The molecule has 4 nitrogen and oxygen atoms in total. The third-order valence-electron chi connectivity index (χ3n) is 2.21. The predicted molar refractivity (Wildman–Crippen MR) is 52.7 cm³/mol. The Bertz CT molecular complexity index is 592. The largest absolute Gasteiger partial charge is 0.465 e. The number of hydrogen-bond donors (Lipinski definition) is 0. The lowest BCUT2D eigenvalue weighted by Crippen LogP contribution is -2.40. The van der Waals surface area contributed by atoms with Crippen molar-refractivity contribution in [1.29, 1.82) is 0 Å². The number of amides is 1. The Morgan fingerprint density at radius 2 is 2.19 bits per heavy atom. The minimum Gasteiger partial charge on any atom is -0.465 e. The van der Waals surface area contributed by atoms with Gasteiger partial charge >= 0.3 is 5.97 Å². The summed E-state index contributed by atoms with van der Waals surface area (Å²) in [5.74, 6) is -1.90. The van der Waals surface area contributed by atoms with Gasteiger partial charge in [0.05, 0.1) is 7.11 Å². The van der Waals surface area contributed by atoms with Crippen molar-refractivity contribution in [2.45, 2.75) is 0 Å². The summed E-state index contributed by atoms with van der Waals surface area (Å²) in [6.07, 6.45) is 1.23. The van der Waals surface area contributed by atoms with Crippen molar-refractivity contribution in [3.8, 4) is 0 Å². The van der Waals surface area contributed by atoms with Crippen LogP contribution in [0.4, 0.5) is 4.39 Å². The van der Waals surface area contributed by atoms with Gasteiger partial charge in [-0.2, -0.15) is 0 Å². The number of esters is 1. The average Bonchev–Trinajstić information content (AvgIpc) is 2.28. The molecule has 1 aromatic rings. The van der Waals surface area contributed by atoms with Crippen LogP contribution in [0.3, 0.4) is 0 Å². The third kappa shape index (κ3) is 1.56. The van der Waals surface area contributed by atoms with Gasteiger partial charge in [-0.15, -0.1) is 0 Å². The molecule has 1 aliphatic rings. The molecule has 16 heavy (non-hydrogen) atoms. The van der Waals surface area contributed by atoms with Gasteiger partial charge < -0.3 is 4.74 Å². The van der Waals surface area contributed by atoms with Gasteiger partial charge in [0.25, 0.3) is 5.91 Å². The maximum atomic E-state index is 12.9. The molecule has 0 saturated heterocycles. The van der Waals surface area contributed by atoms with Crippen LogP contribution in [0.15, 0.2) is 18.2 Å². The number of halogens is 1. The molecule has 0 bridgehead atoms. The molecule has 0 atom stereocenters. The van der Waals surface area contributed by atoms with Gasteiger partial charge in [0.15, 0.2) is 0 Å². The van der Waals surface area contributed by atoms with Crippen molar-refractivity contribution in [2.24, 2.45) is 0 Å². The second-order valence-corrected chi connectivity index (χ2v) is 3.16. The Hall–Kier alpha value is -2.17. The number of benzene rings is 1. The number of carbonyl (C=O) groups is 2. The highest BCUT2D eigenvalue weighted by Gasteiger charge is 2.23. The van der Waals surface area contributed by atoms with Crippen molar-refractivity contribution in [1.82, 2.24) is 5.32 Å². The van der Waals surface area contributed by atoms with Crippen molar-refractivity contribution < 1.29 is 18.7 Å². The first-order valence-corrected chi connectivity index (χ1v) is 4.47. The molecule has 1 radical (unpaired) electrons. The number of nitrogens with zero attached hydrogens (tertiary/aromatic N) is 1. The smallest absolute Gasteiger partial charge is 0.344 e. The highest BCUT2D eigenvalue weighted by atomic mass is 19.1. The molecule has 1 amide bonds. The third-order valence-corrected chi connectivity index (χ3v) is 2.21. The van der Waals surface area contributed by atoms with Gasteiger partial charge in [-0.05, 0) is 12.1 Å². The molecule has 0 spiro atoms. The first-order chi connectivity index (χ1) is 7.63. The Labute approximate surface area is 90.0 Å². The van der Waals surface area contributed by atoms with Gasteiger partial charge in [0.2, 0.25) is 0 Å². The molecule has 5 heteroatoms. The fraction of sp³-hybridized carbons (Fsp3) is 0.0909. The van der Waals surface area contributed by atoms with Crippen molar-refractivity contribution >= 4 is 23.6 Å². The van der Waals surface area contributed by atoms with Crippen molar-refractivity contribution in [2.75, 3.05) is 7.11 Å². The quantitative estimate of drug-likeness (QED) is 0.572. The molecule has 2 rings (SSSR count). The maximum absolute atomic E-state index is 12.9. The number of hydrogen-bond acceptors (Lipinski definition) is 3. The second kappa shape index (κ2) is 3.77. The molecule has 0 unspecified atom stereocenters. The van der Waals surface area contributed by atoms with Crippen LogP contribution in [0.25, 0.3) is 11.8 Å². The van der Waals surface area contributed by atoms with E-state index in [4.69, 9.17) is 0 Å². The van der Waals surface area contributed by atoms with E-state index < -0.39 is 17.7 Å². The van der Waals surface area contributed by atoms with E-state index in [-0.39, 0.29) is 5.57 Å². The van der Waals surface area contributed by atoms with E-state index in [9.17, 15) is 14.0 Å². The summed E-state index contributed by atoms with van der Waals surface area (Å²) >= 11 is 0. The van der Waals surface area contributed by atoms with Crippen LogP contribution >= 0.6 is 0 Å². The molecule has 1 aliphatic heterocycles. The Morgan fingerprint density at radius 3 is 2.88 bits per heavy atom. The van der Waals surface area contributed by atoms with Gasteiger partial charge in [-0.1, -0.05) is 6.07 Å². The lowest BCUT2D eigenvalue weighted by Gasteiger charge is -2.07. The fourth-order valence-corrected chi connectivity index (χ4v) is 1.48. The summed E-state index contributed by atoms with van der Waals surface area (Å²) in [6, 6.07) is 3.74. The highest BCUT2D eigenvalue weighted by molar-refractivity contribution is 6.39. The predicted octanol–water partition coefficient (Wildman–Crippen LogP) is -0.968. The van der Waals surface area contributed by atoms with E-state index in [1.54, 1.807) is 0 Å². The molecule has 1 heterocycles. The zero-order valence-electron chi connectivity index (χ0n) is 8.36. The lowest BCUT2D eigenvalue weighted by molar-refractivity contribution is -0.135. The van der Waals surface area contributed by atoms with E-state index in [0.717, 1.165) is 0 Å². The molecule has 81 valence electrons. The zero-order chi connectivity index (χ0) is 11.7. The fourth-order valence-electron chi connectivity index (χ4n) is 1.48. The Balaban J connectivity index is 2.82. The first kappa shape index (κ1) is 10.4. The van der Waals surface area contributed by atoms with Crippen LogP contribution in [0.1, 0.15) is 0 Å². The monoisotopic (exact) mass is 220 g/mol. The first-order valence-electron chi connectivity index (χ1n) is 4.47. The van der Waals surface area contributed by atoms with E-state index >= 15 is 0 Å². The van der Waals surface area contributed by atoms with Crippen molar-refractivity contribution in [3.63, 3.8) is 0 Å². The minimum absolute atomic E-state index is 0.167.